The second-order valence-electron chi connectivity index (χ2n) is 4.26. The molecule has 0 aliphatic rings. The number of hydrogen-bond donors (Lipinski definition) is 1. The lowest BCUT2D eigenvalue weighted by Gasteiger charge is -2.09. The number of carbonyl (C=O) groups is 1. The fourth-order valence-electron chi connectivity index (χ4n) is 1.72. The summed E-state index contributed by atoms with van der Waals surface area (Å²) in [5.74, 6) is -0.246. The third-order valence-electron chi connectivity index (χ3n) is 2.77. The van der Waals surface area contributed by atoms with Crippen molar-refractivity contribution in [3.05, 3.63) is 62.7 Å². The van der Waals surface area contributed by atoms with Crippen LogP contribution in [0.3, 0.4) is 0 Å². The summed E-state index contributed by atoms with van der Waals surface area (Å²) in [6.07, 6.45) is 0. The van der Waals surface area contributed by atoms with Gasteiger partial charge in [0.25, 0.3) is 5.69 Å². The number of aromatic carboxylic acids is 1. The van der Waals surface area contributed by atoms with Gasteiger partial charge in [0.2, 0.25) is 0 Å². The van der Waals surface area contributed by atoms with E-state index >= 15 is 0 Å². The van der Waals surface area contributed by atoms with Gasteiger partial charge in [0.15, 0.2) is 0 Å². The van der Waals surface area contributed by atoms with Crippen molar-refractivity contribution in [1.29, 1.82) is 0 Å². The number of benzene rings is 2. The fraction of sp³-hybridized carbons (Fsp3) is 0.0714. The molecule has 2 aromatic rings. The van der Waals surface area contributed by atoms with E-state index in [4.69, 9.17) is 21.4 Å². The lowest BCUT2D eigenvalue weighted by molar-refractivity contribution is -0.384. The quantitative estimate of drug-likeness (QED) is 0.680. The molecule has 0 fully saturated rings. The van der Waals surface area contributed by atoms with Gasteiger partial charge in [-0.1, -0.05) is 11.6 Å². The second kappa shape index (κ2) is 5.80. The minimum atomic E-state index is -1.02. The van der Waals surface area contributed by atoms with Gasteiger partial charge in [-0.25, -0.2) is 4.79 Å². The van der Waals surface area contributed by atoms with Crippen molar-refractivity contribution in [3.8, 4) is 11.5 Å². The number of halogens is 1. The lowest BCUT2D eigenvalue weighted by Crippen LogP contribution is -1.97. The first-order valence-corrected chi connectivity index (χ1v) is 6.22. The molecule has 108 valence electrons. The monoisotopic (exact) mass is 307 g/mol. The highest BCUT2D eigenvalue weighted by atomic mass is 35.5. The van der Waals surface area contributed by atoms with E-state index in [2.05, 4.69) is 0 Å². The Morgan fingerprint density at radius 3 is 2.52 bits per heavy atom. The average molecular weight is 308 g/mol. The maximum atomic E-state index is 10.8. The minimum absolute atomic E-state index is 0.0303. The molecule has 0 aliphatic carbocycles. The van der Waals surface area contributed by atoms with Crippen LogP contribution in [0.2, 0.25) is 5.02 Å². The van der Waals surface area contributed by atoms with Crippen LogP contribution in [0.1, 0.15) is 15.9 Å². The first-order valence-electron chi connectivity index (χ1n) is 5.84. The van der Waals surface area contributed by atoms with E-state index in [1.165, 1.54) is 36.4 Å². The van der Waals surface area contributed by atoms with Gasteiger partial charge in [0, 0.05) is 12.1 Å². The van der Waals surface area contributed by atoms with Crippen LogP contribution in [-0.2, 0) is 0 Å². The Hall–Kier alpha value is -2.60. The molecule has 0 radical (unpaired) electrons. The van der Waals surface area contributed by atoms with Crippen LogP contribution < -0.4 is 4.74 Å². The van der Waals surface area contributed by atoms with Gasteiger partial charge in [0.05, 0.1) is 10.5 Å². The van der Waals surface area contributed by atoms with E-state index in [-0.39, 0.29) is 16.3 Å². The molecule has 21 heavy (non-hydrogen) atoms. The molecule has 0 bridgehead atoms. The van der Waals surface area contributed by atoms with Crippen molar-refractivity contribution in [3.63, 3.8) is 0 Å². The number of ether oxygens (including phenoxy) is 1. The van der Waals surface area contributed by atoms with Crippen LogP contribution in [0.25, 0.3) is 0 Å². The molecular formula is C14H10ClNO5. The van der Waals surface area contributed by atoms with Gasteiger partial charge in [-0.05, 0) is 36.8 Å². The number of nitrogens with zero attached hydrogens (tertiary/aromatic N) is 1. The maximum absolute atomic E-state index is 10.8. The molecule has 0 heterocycles. The molecule has 0 saturated heterocycles. The van der Waals surface area contributed by atoms with E-state index in [9.17, 15) is 14.9 Å². The highest BCUT2D eigenvalue weighted by molar-refractivity contribution is 6.32. The van der Waals surface area contributed by atoms with E-state index < -0.39 is 10.9 Å². The van der Waals surface area contributed by atoms with Gasteiger partial charge < -0.3 is 9.84 Å². The van der Waals surface area contributed by atoms with Crippen LogP contribution in [0.15, 0.2) is 36.4 Å². The first-order chi connectivity index (χ1) is 9.88. The zero-order valence-electron chi connectivity index (χ0n) is 10.9. The summed E-state index contributed by atoms with van der Waals surface area (Å²) in [7, 11) is 0. The zero-order valence-corrected chi connectivity index (χ0v) is 11.6. The smallest absolute Gasteiger partial charge is 0.335 e. The summed E-state index contributed by atoms with van der Waals surface area (Å²) >= 11 is 5.80. The zero-order chi connectivity index (χ0) is 15.6. The fourth-order valence-corrected chi connectivity index (χ4v) is 1.96. The Bertz CT molecular complexity index is 729. The van der Waals surface area contributed by atoms with Crippen molar-refractivity contribution in [2.24, 2.45) is 0 Å². The van der Waals surface area contributed by atoms with Crippen molar-refractivity contribution >= 4 is 23.3 Å². The SMILES string of the molecule is Cc1cc(C(=O)O)ccc1Oc1ccc([N+](=O)[O-])c(Cl)c1. The van der Waals surface area contributed by atoms with Crippen molar-refractivity contribution in [2.75, 3.05) is 0 Å². The third kappa shape index (κ3) is 3.29. The molecule has 2 rings (SSSR count). The Morgan fingerprint density at radius 2 is 2.00 bits per heavy atom. The average Bonchev–Trinajstić information content (AvgIpc) is 2.40. The highest BCUT2D eigenvalue weighted by Crippen LogP contribution is 2.32. The minimum Gasteiger partial charge on any atom is -0.478 e. The van der Waals surface area contributed by atoms with Crippen LogP contribution in [0, 0.1) is 17.0 Å². The van der Waals surface area contributed by atoms with Gasteiger partial charge >= 0.3 is 5.97 Å². The van der Waals surface area contributed by atoms with Gasteiger partial charge in [-0.2, -0.15) is 0 Å². The number of rotatable bonds is 4. The Morgan fingerprint density at radius 1 is 1.29 bits per heavy atom. The molecule has 1 N–H and O–H groups in total. The summed E-state index contributed by atoms with van der Waals surface area (Å²) in [6, 6.07) is 8.42. The highest BCUT2D eigenvalue weighted by Gasteiger charge is 2.13. The third-order valence-corrected chi connectivity index (χ3v) is 3.07. The van der Waals surface area contributed by atoms with E-state index in [1.54, 1.807) is 6.92 Å². The van der Waals surface area contributed by atoms with Gasteiger partial charge in [-0.15, -0.1) is 0 Å². The summed E-state index contributed by atoms with van der Waals surface area (Å²) in [4.78, 5) is 20.9. The molecule has 0 atom stereocenters. The van der Waals surface area contributed by atoms with Gasteiger partial charge in [-0.3, -0.25) is 10.1 Å². The Labute approximate surface area is 124 Å². The predicted molar refractivity (Wildman–Crippen MR) is 76.3 cm³/mol. The van der Waals surface area contributed by atoms with Gasteiger partial charge in [0.1, 0.15) is 16.5 Å². The molecule has 0 spiro atoms. The van der Waals surface area contributed by atoms with E-state index in [0.717, 1.165) is 0 Å². The number of nitro benzene ring substituents is 1. The van der Waals surface area contributed by atoms with Crippen LogP contribution in [-0.4, -0.2) is 16.0 Å². The van der Waals surface area contributed by atoms with Crippen molar-refractivity contribution in [2.45, 2.75) is 6.92 Å². The topological polar surface area (TPSA) is 89.7 Å². The Balaban J connectivity index is 2.28. The molecule has 6 nitrogen and oxygen atoms in total. The van der Waals surface area contributed by atoms with Crippen LogP contribution in [0.5, 0.6) is 11.5 Å². The first kappa shape index (κ1) is 14.8. The van der Waals surface area contributed by atoms with Crippen molar-refractivity contribution in [1.82, 2.24) is 0 Å². The van der Waals surface area contributed by atoms with E-state index in [1.807, 2.05) is 0 Å². The molecule has 0 aromatic heterocycles. The molecule has 0 unspecified atom stereocenters. The number of nitro groups is 1. The maximum Gasteiger partial charge on any atom is 0.335 e. The number of hydrogen-bond acceptors (Lipinski definition) is 4. The number of aryl methyl sites for hydroxylation is 1. The number of carboxylic acids is 1. The normalized spacial score (nSPS) is 10.2. The predicted octanol–water partition coefficient (Wildman–Crippen LogP) is 4.05. The second-order valence-corrected chi connectivity index (χ2v) is 4.67. The molecule has 0 amide bonds. The summed E-state index contributed by atoms with van der Waals surface area (Å²) in [5.41, 5.74) is 0.577. The number of carboxylic acid groups (broad SMARTS) is 1. The van der Waals surface area contributed by atoms with Crippen molar-refractivity contribution < 1.29 is 19.6 Å². The Kier molecular flexibility index (Phi) is 4.09. The molecule has 0 aliphatic heterocycles. The summed E-state index contributed by atoms with van der Waals surface area (Å²) in [5, 5.41) is 19.5. The van der Waals surface area contributed by atoms with E-state index in [0.29, 0.717) is 17.1 Å². The molecule has 7 heteroatoms. The summed E-state index contributed by atoms with van der Waals surface area (Å²) < 4.78 is 5.56. The standard InChI is InChI=1S/C14H10ClNO5/c1-8-6-9(14(17)18)2-5-13(8)21-10-3-4-12(16(19)20)11(15)7-10/h2-7H,1H3,(H,17,18). The van der Waals surface area contributed by atoms with Crippen LogP contribution in [0.4, 0.5) is 5.69 Å². The summed E-state index contributed by atoms with van der Waals surface area (Å²) in [6.45, 7) is 1.70. The molecule has 0 saturated carbocycles. The molecular weight excluding hydrogens is 298 g/mol. The lowest BCUT2D eigenvalue weighted by atomic mass is 10.1. The largest absolute Gasteiger partial charge is 0.478 e. The molecule has 2 aromatic carbocycles. The van der Waals surface area contributed by atoms with Crippen LogP contribution >= 0.6 is 11.6 Å².